The average Bonchev–Trinajstić information content (AvgIpc) is 2.95. The van der Waals surface area contributed by atoms with E-state index < -0.39 is 11.2 Å². The van der Waals surface area contributed by atoms with Gasteiger partial charge in [-0.2, -0.15) is 0 Å². The van der Waals surface area contributed by atoms with Gasteiger partial charge in [-0.1, -0.05) is 35.5 Å². The van der Waals surface area contributed by atoms with Gasteiger partial charge in [-0.3, -0.25) is 4.79 Å². The molecule has 3 rings (SSSR count). The number of carbonyl (C=O) groups excluding carboxylic acids is 1. The molecule has 2 aromatic carbocycles. The number of rotatable bonds is 5. The highest BCUT2D eigenvalue weighted by Crippen LogP contribution is 2.35. The summed E-state index contributed by atoms with van der Waals surface area (Å²) in [5.74, 6) is -0.269. The predicted octanol–water partition coefficient (Wildman–Crippen LogP) is 3.59. The Kier molecular flexibility index (Phi) is 5.06. The molecule has 0 aliphatic rings. The molecule has 0 aliphatic carbocycles. The lowest BCUT2D eigenvalue weighted by Crippen LogP contribution is -2.19. The third kappa shape index (κ3) is 3.83. The lowest BCUT2D eigenvalue weighted by Gasteiger charge is -2.13. The van der Waals surface area contributed by atoms with Gasteiger partial charge in [0.2, 0.25) is 5.91 Å². The summed E-state index contributed by atoms with van der Waals surface area (Å²) >= 11 is 7.07. The Labute approximate surface area is 153 Å². The van der Waals surface area contributed by atoms with Crippen LogP contribution in [0.5, 0.6) is 0 Å². The molecule has 0 fully saturated rings. The van der Waals surface area contributed by atoms with Gasteiger partial charge in [-0.15, -0.1) is 10.2 Å². The van der Waals surface area contributed by atoms with E-state index in [2.05, 4.69) is 10.2 Å². The van der Waals surface area contributed by atoms with Gasteiger partial charge in [-0.25, -0.2) is 4.39 Å². The minimum Gasteiger partial charge on any atom is -0.368 e. The van der Waals surface area contributed by atoms with Gasteiger partial charge >= 0.3 is 0 Å². The fourth-order valence-corrected chi connectivity index (χ4v) is 3.38. The molecular formula is C17H14ClFN4OS. The second-order valence-corrected chi connectivity index (χ2v) is 6.83. The van der Waals surface area contributed by atoms with Crippen LogP contribution < -0.4 is 5.73 Å². The summed E-state index contributed by atoms with van der Waals surface area (Å²) in [6.45, 7) is 0. The first-order valence-electron chi connectivity index (χ1n) is 7.32. The molecule has 1 atom stereocenters. The highest BCUT2D eigenvalue weighted by atomic mass is 35.5. The molecule has 1 heterocycles. The number of amides is 1. The summed E-state index contributed by atoms with van der Waals surface area (Å²) in [6, 6.07) is 12.9. The van der Waals surface area contributed by atoms with Crippen LogP contribution in [0, 0.1) is 5.82 Å². The van der Waals surface area contributed by atoms with E-state index >= 15 is 0 Å². The van der Waals surface area contributed by atoms with Gasteiger partial charge in [0.15, 0.2) is 11.0 Å². The van der Waals surface area contributed by atoms with E-state index in [4.69, 9.17) is 17.3 Å². The largest absolute Gasteiger partial charge is 0.368 e. The van der Waals surface area contributed by atoms with E-state index in [0.717, 1.165) is 5.56 Å². The van der Waals surface area contributed by atoms with Crippen molar-refractivity contribution in [3.05, 3.63) is 64.9 Å². The van der Waals surface area contributed by atoms with Crippen molar-refractivity contribution in [3.63, 3.8) is 0 Å². The quantitative estimate of drug-likeness (QED) is 0.690. The summed E-state index contributed by atoms with van der Waals surface area (Å²) in [5, 5.41) is 8.78. The van der Waals surface area contributed by atoms with Crippen LogP contribution in [0.4, 0.5) is 4.39 Å². The molecule has 1 aromatic heterocycles. The van der Waals surface area contributed by atoms with E-state index in [9.17, 15) is 9.18 Å². The van der Waals surface area contributed by atoms with Crippen molar-refractivity contribution < 1.29 is 9.18 Å². The smallest absolute Gasteiger partial charge is 0.235 e. The molecular weight excluding hydrogens is 363 g/mol. The second kappa shape index (κ2) is 7.25. The third-order valence-corrected chi connectivity index (χ3v) is 5.15. The Morgan fingerprint density at radius 1 is 1.16 bits per heavy atom. The van der Waals surface area contributed by atoms with Crippen molar-refractivity contribution in [1.82, 2.24) is 14.8 Å². The zero-order valence-electron chi connectivity index (χ0n) is 13.2. The van der Waals surface area contributed by atoms with Crippen molar-refractivity contribution in [2.24, 2.45) is 12.8 Å². The fourth-order valence-electron chi connectivity index (χ4n) is 2.30. The Morgan fingerprint density at radius 3 is 2.40 bits per heavy atom. The zero-order chi connectivity index (χ0) is 18.0. The van der Waals surface area contributed by atoms with Gasteiger partial charge < -0.3 is 10.3 Å². The van der Waals surface area contributed by atoms with E-state index in [0.29, 0.717) is 21.6 Å². The molecule has 0 aliphatic heterocycles. The van der Waals surface area contributed by atoms with Crippen molar-refractivity contribution in [2.75, 3.05) is 0 Å². The predicted molar refractivity (Wildman–Crippen MR) is 95.6 cm³/mol. The number of hydrogen-bond donors (Lipinski definition) is 1. The number of primary amides is 1. The molecule has 0 spiro atoms. The van der Waals surface area contributed by atoms with Crippen molar-refractivity contribution >= 4 is 29.3 Å². The second-order valence-electron chi connectivity index (χ2n) is 5.32. The Morgan fingerprint density at radius 2 is 1.80 bits per heavy atom. The van der Waals surface area contributed by atoms with E-state index in [1.54, 1.807) is 23.7 Å². The first-order chi connectivity index (χ1) is 12.0. The van der Waals surface area contributed by atoms with Crippen molar-refractivity contribution in [3.8, 4) is 11.4 Å². The third-order valence-electron chi connectivity index (χ3n) is 3.59. The maximum atomic E-state index is 13.1. The van der Waals surface area contributed by atoms with Crippen LogP contribution in [0.3, 0.4) is 0 Å². The monoisotopic (exact) mass is 376 g/mol. The Hall–Kier alpha value is -2.38. The summed E-state index contributed by atoms with van der Waals surface area (Å²) in [6.07, 6.45) is 0. The van der Waals surface area contributed by atoms with Gasteiger partial charge in [0, 0.05) is 17.6 Å². The number of nitrogens with zero attached hydrogens (tertiary/aromatic N) is 3. The molecule has 3 aromatic rings. The molecule has 5 nitrogen and oxygen atoms in total. The zero-order valence-corrected chi connectivity index (χ0v) is 14.8. The van der Waals surface area contributed by atoms with Gasteiger partial charge in [0.05, 0.1) is 0 Å². The average molecular weight is 377 g/mol. The molecule has 128 valence electrons. The summed E-state index contributed by atoms with van der Waals surface area (Å²) < 4.78 is 14.9. The van der Waals surface area contributed by atoms with Crippen LogP contribution in [0.25, 0.3) is 11.4 Å². The highest BCUT2D eigenvalue weighted by Gasteiger charge is 2.23. The molecule has 0 saturated heterocycles. The molecule has 8 heteroatoms. The lowest BCUT2D eigenvalue weighted by atomic mass is 10.1. The molecule has 0 bridgehead atoms. The minimum absolute atomic E-state index is 0.374. The van der Waals surface area contributed by atoms with E-state index in [1.807, 2.05) is 12.1 Å². The van der Waals surface area contributed by atoms with Crippen LogP contribution in [-0.4, -0.2) is 20.7 Å². The summed E-state index contributed by atoms with van der Waals surface area (Å²) in [4.78, 5) is 11.9. The fraction of sp³-hybridized carbons (Fsp3) is 0.118. The number of carbonyl (C=O) groups is 1. The minimum atomic E-state index is -0.693. The van der Waals surface area contributed by atoms with Gasteiger partial charge in [0.25, 0.3) is 0 Å². The molecule has 0 saturated carbocycles. The standard InChI is InChI=1S/C17H14ClFN4OS/c1-23-16(11-2-6-12(18)7-3-11)21-22-17(23)25-14(15(20)24)10-4-8-13(19)9-5-10/h2-9,14H,1H3,(H2,20,24)/t14-/m1/s1. The van der Waals surface area contributed by atoms with E-state index in [-0.39, 0.29) is 5.82 Å². The number of aromatic nitrogens is 3. The maximum absolute atomic E-state index is 13.1. The molecule has 0 radical (unpaired) electrons. The van der Waals surface area contributed by atoms with Crippen LogP contribution in [0.2, 0.25) is 5.02 Å². The number of thioether (sulfide) groups is 1. The number of nitrogens with two attached hydrogens (primary N) is 1. The number of halogens is 2. The SMILES string of the molecule is Cn1c(S[C@@H](C(N)=O)c2ccc(F)cc2)nnc1-c1ccc(Cl)cc1. The lowest BCUT2D eigenvalue weighted by molar-refractivity contribution is -0.117. The number of benzene rings is 2. The first kappa shape index (κ1) is 17.4. The number of hydrogen-bond acceptors (Lipinski definition) is 4. The molecule has 25 heavy (non-hydrogen) atoms. The topological polar surface area (TPSA) is 73.8 Å². The van der Waals surface area contributed by atoms with Crippen LogP contribution in [-0.2, 0) is 11.8 Å². The van der Waals surface area contributed by atoms with Gasteiger partial charge in [-0.05, 0) is 42.0 Å². The van der Waals surface area contributed by atoms with Gasteiger partial charge in [0.1, 0.15) is 11.1 Å². The van der Waals surface area contributed by atoms with Crippen LogP contribution >= 0.6 is 23.4 Å². The van der Waals surface area contributed by atoms with E-state index in [1.165, 1.54) is 36.0 Å². The maximum Gasteiger partial charge on any atom is 0.235 e. The normalized spacial score (nSPS) is 12.1. The Bertz CT molecular complexity index is 896. The van der Waals surface area contributed by atoms with Crippen LogP contribution in [0.1, 0.15) is 10.8 Å². The Balaban J connectivity index is 1.90. The summed E-state index contributed by atoms with van der Waals surface area (Å²) in [7, 11) is 1.80. The molecule has 0 unspecified atom stereocenters. The van der Waals surface area contributed by atoms with Crippen LogP contribution in [0.15, 0.2) is 53.7 Å². The summed E-state index contributed by atoms with van der Waals surface area (Å²) in [5.41, 5.74) is 6.97. The van der Waals surface area contributed by atoms with Crippen molar-refractivity contribution in [2.45, 2.75) is 10.4 Å². The first-order valence-corrected chi connectivity index (χ1v) is 8.58. The van der Waals surface area contributed by atoms with Crippen molar-refractivity contribution in [1.29, 1.82) is 0 Å². The molecule has 2 N–H and O–H groups in total. The highest BCUT2D eigenvalue weighted by molar-refractivity contribution is 8.00. The molecule has 1 amide bonds.